The molecule has 0 saturated heterocycles. The molecule has 1 atom stereocenters. The van der Waals surface area contributed by atoms with E-state index in [9.17, 15) is 4.79 Å². The van der Waals surface area contributed by atoms with Crippen LogP contribution in [0.25, 0.3) is 0 Å². The SMILES string of the molecule is CC(C)N(Cc1ccccc1)C(=O)[C@@H](Sc1ccccc1)c1ccccc1. The van der Waals surface area contributed by atoms with Gasteiger partial charge in [0.1, 0.15) is 5.25 Å². The van der Waals surface area contributed by atoms with Crippen LogP contribution in [0.2, 0.25) is 0 Å². The van der Waals surface area contributed by atoms with Gasteiger partial charge < -0.3 is 4.90 Å². The zero-order valence-electron chi connectivity index (χ0n) is 15.8. The molecule has 0 N–H and O–H groups in total. The lowest BCUT2D eigenvalue weighted by Gasteiger charge is -2.31. The monoisotopic (exact) mass is 375 g/mol. The Labute approximate surface area is 166 Å². The standard InChI is InChI=1S/C24H25NOS/c1-19(2)25(18-20-12-6-3-7-13-20)24(26)23(21-14-8-4-9-15-21)27-22-16-10-5-11-17-22/h3-17,19,23H,18H2,1-2H3/t23-/m0/s1. The fourth-order valence-corrected chi connectivity index (χ4v) is 4.09. The molecule has 138 valence electrons. The molecule has 0 aliphatic carbocycles. The van der Waals surface area contributed by atoms with Crippen molar-refractivity contribution in [3.63, 3.8) is 0 Å². The van der Waals surface area contributed by atoms with Gasteiger partial charge >= 0.3 is 0 Å². The van der Waals surface area contributed by atoms with Gasteiger partial charge in [-0.1, -0.05) is 78.9 Å². The number of hydrogen-bond donors (Lipinski definition) is 0. The van der Waals surface area contributed by atoms with Crippen molar-refractivity contribution in [2.24, 2.45) is 0 Å². The highest BCUT2D eigenvalue weighted by molar-refractivity contribution is 8.00. The highest BCUT2D eigenvalue weighted by Crippen LogP contribution is 2.37. The van der Waals surface area contributed by atoms with E-state index in [-0.39, 0.29) is 17.2 Å². The largest absolute Gasteiger partial charge is 0.335 e. The minimum Gasteiger partial charge on any atom is -0.335 e. The Bertz CT molecular complexity index is 834. The van der Waals surface area contributed by atoms with E-state index in [0.717, 1.165) is 16.0 Å². The fraction of sp³-hybridized carbons (Fsp3) is 0.208. The summed E-state index contributed by atoms with van der Waals surface area (Å²) in [6.45, 7) is 4.78. The second-order valence-electron chi connectivity index (χ2n) is 6.77. The third-order valence-electron chi connectivity index (χ3n) is 4.43. The number of carbonyl (C=O) groups is 1. The zero-order valence-corrected chi connectivity index (χ0v) is 16.6. The summed E-state index contributed by atoms with van der Waals surface area (Å²) in [6, 6.07) is 30.5. The number of nitrogens with zero attached hydrogens (tertiary/aromatic N) is 1. The van der Waals surface area contributed by atoms with Gasteiger partial charge in [-0.05, 0) is 37.1 Å². The Hall–Kier alpha value is -2.52. The predicted octanol–water partition coefficient (Wildman–Crippen LogP) is 5.96. The van der Waals surface area contributed by atoms with Gasteiger partial charge in [-0.15, -0.1) is 11.8 Å². The summed E-state index contributed by atoms with van der Waals surface area (Å²) < 4.78 is 0. The molecule has 0 radical (unpaired) electrons. The van der Waals surface area contributed by atoms with E-state index in [1.165, 1.54) is 0 Å². The lowest BCUT2D eigenvalue weighted by Crippen LogP contribution is -2.38. The van der Waals surface area contributed by atoms with Crippen molar-refractivity contribution in [2.45, 2.75) is 36.6 Å². The van der Waals surface area contributed by atoms with Gasteiger partial charge in [0.15, 0.2) is 0 Å². The second-order valence-corrected chi connectivity index (χ2v) is 7.95. The van der Waals surface area contributed by atoms with Gasteiger partial charge in [0.2, 0.25) is 5.91 Å². The van der Waals surface area contributed by atoms with Crippen LogP contribution in [0.5, 0.6) is 0 Å². The van der Waals surface area contributed by atoms with Crippen molar-refractivity contribution < 1.29 is 4.79 Å². The molecule has 0 bridgehead atoms. The summed E-state index contributed by atoms with van der Waals surface area (Å²) in [4.78, 5) is 16.7. The summed E-state index contributed by atoms with van der Waals surface area (Å²) in [5.74, 6) is 0.147. The third-order valence-corrected chi connectivity index (χ3v) is 5.68. The lowest BCUT2D eigenvalue weighted by atomic mass is 10.1. The van der Waals surface area contributed by atoms with Gasteiger partial charge in [-0.25, -0.2) is 0 Å². The van der Waals surface area contributed by atoms with Gasteiger partial charge in [0.25, 0.3) is 0 Å². The van der Waals surface area contributed by atoms with Crippen LogP contribution in [0.3, 0.4) is 0 Å². The van der Waals surface area contributed by atoms with Crippen molar-refractivity contribution >= 4 is 17.7 Å². The van der Waals surface area contributed by atoms with E-state index in [1.807, 2.05) is 71.6 Å². The smallest absolute Gasteiger partial charge is 0.241 e. The first-order valence-electron chi connectivity index (χ1n) is 9.26. The second kappa shape index (κ2) is 9.43. The third kappa shape index (κ3) is 5.24. The van der Waals surface area contributed by atoms with Crippen molar-refractivity contribution in [2.75, 3.05) is 0 Å². The topological polar surface area (TPSA) is 20.3 Å². The van der Waals surface area contributed by atoms with E-state index < -0.39 is 0 Å². The first-order valence-corrected chi connectivity index (χ1v) is 10.1. The van der Waals surface area contributed by atoms with Crippen LogP contribution in [-0.4, -0.2) is 16.8 Å². The quantitative estimate of drug-likeness (QED) is 0.475. The van der Waals surface area contributed by atoms with E-state index in [0.29, 0.717) is 6.54 Å². The fourth-order valence-electron chi connectivity index (χ4n) is 2.97. The molecule has 1 amide bonds. The Balaban J connectivity index is 1.90. The van der Waals surface area contributed by atoms with Crippen LogP contribution < -0.4 is 0 Å². The summed E-state index contributed by atoms with van der Waals surface area (Å²) in [7, 11) is 0. The predicted molar refractivity (Wildman–Crippen MR) is 114 cm³/mol. The molecule has 0 saturated carbocycles. The summed E-state index contributed by atoms with van der Waals surface area (Å²) in [5.41, 5.74) is 2.19. The van der Waals surface area contributed by atoms with Crippen LogP contribution in [0, 0.1) is 0 Å². The van der Waals surface area contributed by atoms with Gasteiger partial charge in [-0.2, -0.15) is 0 Å². The zero-order chi connectivity index (χ0) is 19.1. The molecule has 0 unspecified atom stereocenters. The molecule has 3 aromatic rings. The molecular weight excluding hydrogens is 350 g/mol. The molecule has 0 aromatic heterocycles. The van der Waals surface area contributed by atoms with Crippen LogP contribution in [0.15, 0.2) is 95.9 Å². The molecule has 3 heteroatoms. The highest BCUT2D eigenvalue weighted by atomic mass is 32.2. The average Bonchev–Trinajstić information content (AvgIpc) is 2.72. The van der Waals surface area contributed by atoms with Crippen LogP contribution in [-0.2, 0) is 11.3 Å². The molecule has 0 spiro atoms. The molecule has 0 fully saturated rings. The number of thioether (sulfide) groups is 1. The van der Waals surface area contributed by atoms with Crippen molar-refractivity contribution in [1.29, 1.82) is 0 Å². The molecule has 27 heavy (non-hydrogen) atoms. The first kappa shape index (κ1) is 19.2. The molecule has 3 aromatic carbocycles. The molecule has 2 nitrogen and oxygen atoms in total. The van der Waals surface area contributed by atoms with Gasteiger partial charge in [-0.3, -0.25) is 4.79 Å². The van der Waals surface area contributed by atoms with Crippen LogP contribution in [0.4, 0.5) is 0 Å². The maximum atomic E-state index is 13.6. The summed E-state index contributed by atoms with van der Waals surface area (Å²) in [5, 5.41) is -0.264. The van der Waals surface area contributed by atoms with Crippen molar-refractivity contribution in [1.82, 2.24) is 4.90 Å². The van der Waals surface area contributed by atoms with Crippen LogP contribution in [0.1, 0.15) is 30.2 Å². The highest BCUT2D eigenvalue weighted by Gasteiger charge is 2.28. The molecule has 0 aliphatic rings. The number of amides is 1. The average molecular weight is 376 g/mol. The maximum Gasteiger partial charge on any atom is 0.241 e. The van der Waals surface area contributed by atoms with E-state index in [4.69, 9.17) is 0 Å². The van der Waals surface area contributed by atoms with E-state index >= 15 is 0 Å². The number of hydrogen-bond acceptors (Lipinski definition) is 2. The van der Waals surface area contributed by atoms with Crippen LogP contribution >= 0.6 is 11.8 Å². The molecule has 3 rings (SSSR count). The Morgan fingerprint density at radius 2 is 1.33 bits per heavy atom. The number of benzene rings is 3. The van der Waals surface area contributed by atoms with Crippen molar-refractivity contribution in [3.05, 3.63) is 102 Å². The minimum absolute atomic E-state index is 0.125. The Morgan fingerprint density at radius 1 is 0.815 bits per heavy atom. The van der Waals surface area contributed by atoms with Gasteiger partial charge in [0, 0.05) is 17.5 Å². The number of rotatable bonds is 7. The summed E-state index contributed by atoms with van der Waals surface area (Å²) >= 11 is 1.62. The molecule has 0 aliphatic heterocycles. The molecular formula is C24H25NOS. The first-order chi connectivity index (χ1) is 13.1. The minimum atomic E-state index is -0.264. The van der Waals surface area contributed by atoms with Crippen molar-refractivity contribution in [3.8, 4) is 0 Å². The lowest BCUT2D eigenvalue weighted by molar-refractivity contribution is -0.133. The van der Waals surface area contributed by atoms with Gasteiger partial charge in [0.05, 0.1) is 0 Å². The Morgan fingerprint density at radius 3 is 1.89 bits per heavy atom. The summed E-state index contributed by atoms with van der Waals surface area (Å²) in [6.07, 6.45) is 0. The maximum absolute atomic E-state index is 13.6. The Kier molecular flexibility index (Phi) is 6.72. The number of carbonyl (C=O) groups excluding carboxylic acids is 1. The molecule has 0 heterocycles. The van der Waals surface area contributed by atoms with E-state index in [2.05, 4.69) is 38.1 Å². The normalized spacial score (nSPS) is 12.0. The van der Waals surface area contributed by atoms with E-state index in [1.54, 1.807) is 11.8 Å².